The third kappa shape index (κ3) is 2.96. The standard InChI is InChI=1S/C12H15N3O4S/c1-14-9-5-4-8-12(14)13-20(18,19)11-7-3-2-6-10(11)15(16)17/h2-3,6-7H,4-5,8-9H2,1H3/b13-12+. The Bertz CT molecular complexity index is 654. The molecular weight excluding hydrogens is 282 g/mol. The van der Waals surface area contributed by atoms with E-state index in [0.717, 1.165) is 25.5 Å². The minimum atomic E-state index is -4.06. The normalized spacial score (nSPS) is 18.2. The Labute approximate surface area is 117 Å². The van der Waals surface area contributed by atoms with E-state index in [0.29, 0.717) is 12.3 Å². The number of amidine groups is 1. The molecule has 0 aromatic heterocycles. The Morgan fingerprint density at radius 3 is 2.65 bits per heavy atom. The Hall–Kier alpha value is -1.96. The molecule has 2 rings (SSSR count). The molecule has 0 aliphatic carbocycles. The summed E-state index contributed by atoms with van der Waals surface area (Å²) in [5.41, 5.74) is -0.449. The molecule has 8 heteroatoms. The molecule has 1 aliphatic heterocycles. The fourth-order valence-electron chi connectivity index (χ4n) is 2.08. The van der Waals surface area contributed by atoms with Crippen LogP contribution in [0.4, 0.5) is 5.69 Å². The number of likely N-dealkylation sites (tertiary alicyclic amines) is 1. The quantitative estimate of drug-likeness (QED) is 0.626. The van der Waals surface area contributed by atoms with Crippen LogP contribution < -0.4 is 0 Å². The van der Waals surface area contributed by atoms with Crippen molar-refractivity contribution in [1.82, 2.24) is 4.90 Å². The van der Waals surface area contributed by atoms with Gasteiger partial charge >= 0.3 is 0 Å². The second-order valence-electron chi connectivity index (χ2n) is 4.59. The monoisotopic (exact) mass is 297 g/mol. The molecule has 1 aliphatic rings. The van der Waals surface area contributed by atoms with Gasteiger partial charge < -0.3 is 4.90 Å². The van der Waals surface area contributed by atoms with Crippen molar-refractivity contribution in [2.45, 2.75) is 24.2 Å². The van der Waals surface area contributed by atoms with Gasteiger partial charge in [-0.05, 0) is 18.9 Å². The van der Waals surface area contributed by atoms with E-state index < -0.39 is 20.6 Å². The first-order valence-electron chi connectivity index (χ1n) is 6.20. The van der Waals surface area contributed by atoms with E-state index in [9.17, 15) is 18.5 Å². The number of nitrogens with zero attached hydrogens (tertiary/aromatic N) is 3. The molecule has 0 atom stereocenters. The van der Waals surface area contributed by atoms with Crippen molar-refractivity contribution >= 4 is 21.5 Å². The van der Waals surface area contributed by atoms with Crippen LogP contribution >= 0.6 is 0 Å². The maximum Gasteiger partial charge on any atom is 0.290 e. The lowest BCUT2D eigenvalue weighted by Crippen LogP contribution is -2.32. The third-order valence-electron chi connectivity index (χ3n) is 3.15. The summed E-state index contributed by atoms with van der Waals surface area (Å²) in [6.45, 7) is 0.741. The number of piperidine rings is 1. The van der Waals surface area contributed by atoms with Crippen LogP contribution in [0.25, 0.3) is 0 Å². The van der Waals surface area contributed by atoms with Gasteiger partial charge in [-0.1, -0.05) is 12.1 Å². The number of benzene rings is 1. The van der Waals surface area contributed by atoms with E-state index in [4.69, 9.17) is 0 Å². The summed E-state index contributed by atoms with van der Waals surface area (Å²) >= 11 is 0. The van der Waals surface area contributed by atoms with Crippen LogP contribution in [-0.4, -0.2) is 37.7 Å². The molecule has 108 valence electrons. The SMILES string of the molecule is CN1CCCC/C1=N\S(=O)(=O)c1ccccc1[N+](=O)[O-]. The van der Waals surface area contributed by atoms with E-state index in [-0.39, 0.29) is 4.90 Å². The topological polar surface area (TPSA) is 92.9 Å². The summed E-state index contributed by atoms with van der Waals surface area (Å²) in [6, 6.07) is 5.25. The molecule has 0 radical (unpaired) electrons. The molecule has 7 nitrogen and oxygen atoms in total. The predicted octanol–water partition coefficient (Wildman–Crippen LogP) is 1.80. The zero-order valence-corrected chi connectivity index (χ0v) is 11.8. The average molecular weight is 297 g/mol. The van der Waals surface area contributed by atoms with E-state index in [1.807, 2.05) is 0 Å². The van der Waals surface area contributed by atoms with Crippen LogP contribution in [0.2, 0.25) is 0 Å². The number of hydrogen-bond donors (Lipinski definition) is 0. The van der Waals surface area contributed by atoms with Gasteiger partial charge in [-0.3, -0.25) is 10.1 Å². The number of para-hydroxylation sites is 1. The Balaban J connectivity index is 2.46. The Kier molecular flexibility index (Phi) is 4.03. The van der Waals surface area contributed by atoms with Gasteiger partial charge in [-0.2, -0.15) is 8.42 Å². The Morgan fingerprint density at radius 1 is 1.30 bits per heavy atom. The van der Waals surface area contributed by atoms with Gasteiger partial charge in [0, 0.05) is 26.1 Å². The average Bonchev–Trinajstić information content (AvgIpc) is 2.41. The van der Waals surface area contributed by atoms with Crippen molar-refractivity contribution in [3.05, 3.63) is 34.4 Å². The highest BCUT2D eigenvalue weighted by atomic mass is 32.2. The fourth-order valence-corrected chi connectivity index (χ4v) is 3.35. The van der Waals surface area contributed by atoms with E-state index in [1.165, 1.54) is 18.2 Å². The van der Waals surface area contributed by atoms with Gasteiger partial charge in [0.05, 0.1) is 4.92 Å². The molecule has 1 fully saturated rings. The molecular formula is C12H15N3O4S. The predicted molar refractivity (Wildman–Crippen MR) is 74.2 cm³/mol. The highest BCUT2D eigenvalue weighted by molar-refractivity contribution is 7.90. The van der Waals surface area contributed by atoms with Crippen LogP contribution in [-0.2, 0) is 10.0 Å². The molecule has 0 amide bonds. The fraction of sp³-hybridized carbons (Fsp3) is 0.417. The van der Waals surface area contributed by atoms with Gasteiger partial charge in [0.1, 0.15) is 5.84 Å². The smallest absolute Gasteiger partial charge is 0.290 e. The summed E-state index contributed by atoms with van der Waals surface area (Å²) < 4.78 is 28.3. The molecule has 0 spiro atoms. The van der Waals surface area contributed by atoms with Gasteiger partial charge in [-0.15, -0.1) is 4.40 Å². The van der Waals surface area contributed by atoms with Crippen LogP contribution in [0.5, 0.6) is 0 Å². The van der Waals surface area contributed by atoms with Gasteiger partial charge in [0.25, 0.3) is 15.7 Å². The number of hydrogen-bond acceptors (Lipinski definition) is 4. The van der Waals surface area contributed by atoms with Crippen LogP contribution in [0.15, 0.2) is 33.6 Å². The minimum absolute atomic E-state index is 0.364. The summed E-state index contributed by atoms with van der Waals surface area (Å²) in [6.07, 6.45) is 2.42. The van der Waals surface area contributed by atoms with Crippen molar-refractivity contribution < 1.29 is 13.3 Å². The van der Waals surface area contributed by atoms with Crippen molar-refractivity contribution in [1.29, 1.82) is 0 Å². The van der Waals surface area contributed by atoms with Gasteiger partial charge in [-0.25, -0.2) is 0 Å². The van der Waals surface area contributed by atoms with Crippen LogP contribution in [0, 0.1) is 10.1 Å². The van der Waals surface area contributed by atoms with Crippen molar-refractivity contribution in [2.75, 3.05) is 13.6 Å². The van der Waals surface area contributed by atoms with Crippen LogP contribution in [0.1, 0.15) is 19.3 Å². The minimum Gasteiger partial charge on any atom is -0.362 e. The molecule has 1 saturated heterocycles. The molecule has 20 heavy (non-hydrogen) atoms. The second kappa shape index (κ2) is 5.58. The number of nitro benzene ring substituents is 1. The molecule has 0 saturated carbocycles. The number of rotatable bonds is 3. The van der Waals surface area contributed by atoms with E-state index >= 15 is 0 Å². The second-order valence-corrected chi connectivity index (χ2v) is 6.16. The maximum atomic E-state index is 12.3. The molecule has 1 heterocycles. The first-order valence-corrected chi connectivity index (χ1v) is 7.64. The van der Waals surface area contributed by atoms with Crippen molar-refractivity contribution in [3.63, 3.8) is 0 Å². The van der Waals surface area contributed by atoms with Crippen molar-refractivity contribution in [2.24, 2.45) is 4.40 Å². The molecule has 1 aromatic rings. The van der Waals surface area contributed by atoms with Crippen molar-refractivity contribution in [3.8, 4) is 0 Å². The number of nitro groups is 1. The van der Waals surface area contributed by atoms with Gasteiger partial charge in [0.2, 0.25) is 0 Å². The van der Waals surface area contributed by atoms with E-state index in [2.05, 4.69) is 4.40 Å². The highest BCUT2D eigenvalue weighted by Gasteiger charge is 2.26. The lowest BCUT2D eigenvalue weighted by atomic mass is 10.1. The maximum absolute atomic E-state index is 12.3. The lowest BCUT2D eigenvalue weighted by Gasteiger charge is -2.25. The summed E-state index contributed by atoms with van der Waals surface area (Å²) in [4.78, 5) is 11.6. The molecule has 1 aromatic carbocycles. The first-order chi connectivity index (χ1) is 9.42. The summed E-state index contributed by atoms with van der Waals surface area (Å²) in [5.74, 6) is 0.453. The highest BCUT2D eigenvalue weighted by Crippen LogP contribution is 2.25. The Morgan fingerprint density at radius 2 is 2.00 bits per heavy atom. The van der Waals surface area contributed by atoms with E-state index in [1.54, 1.807) is 11.9 Å². The zero-order valence-electron chi connectivity index (χ0n) is 11.0. The molecule has 0 bridgehead atoms. The third-order valence-corrected chi connectivity index (χ3v) is 4.50. The summed E-state index contributed by atoms with van der Waals surface area (Å²) in [5, 5.41) is 10.9. The van der Waals surface area contributed by atoms with Gasteiger partial charge in [0.15, 0.2) is 4.90 Å². The van der Waals surface area contributed by atoms with Crippen LogP contribution in [0.3, 0.4) is 0 Å². The molecule has 0 N–H and O–H groups in total. The zero-order chi connectivity index (χ0) is 14.8. The molecule has 0 unspecified atom stereocenters. The summed E-state index contributed by atoms with van der Waals surface area (Å²) in [7, 11) is -2.29. The number of sulfonamides is 1. The largest absolute Gasteiger partial charge is 0.362 e. The first kappa shape index (κ1) is 14.4. The lowest BCUT2D eigenvalue weighted by molar-refractivity contribution is -0.387.